The fraction of sp³-hybridized carbons (Fsp3) is 0.571. The molecule has 3 rings (SSSR count). The molecule has 8 nitrogen and oxygen atoms in total. The first-order chi connectivity index (χ1) is 14.0. The Morgan fingerprint density at radius 1 is 1.13 bits per heavy atom. The highest BCUT2D eigenvalue weighted by Gasteiger charge is 2.21. The third-order valence-corrected chi connectivity index (χ3v) is 5.64. The number of hydrogen-bond donors (Lipinski definition) is 1. The molecule has 0 unspecified atom stereocenters. The summed E-state index contributed by atoms with van der Waals surface area (Å²) in [6.45, 7) is 12.0. The Morgan fingerprint density at radius 2 is 1.87 bits per heavy atom. The number of ether oxygens (including phenoxy) is 1. The molecular formula is C21H34IN7O. The molecule has 9 heteroatoms. The van der Waals surface area contributed by atoms with E-state index in [1.54, 1.807) is 7.11 Å². The number of aromatic nitrogens is 3. The van der Waals surface area contributed by atoms with Gasteiger partial charge in [-0.2, -0.15) is 0 Å². The molecule has 2 aromatic rings. The third kappa shape index (κ3) is 5.84. The van der Waals surface area contributed by atoms with Crippen LogP contribution in [-0.2, 0) is 18.3 Å². The Bertz CT molecular complexity index is 844. The van der Waals surface area contributed by atoms with E-state index in [0.29, 0.717) is 13.2 Å². The van der Waals surface area contributed by atoms with Gasteiger partial charge in [-0.15, -0.1) is 34.2 Å². The molecule has 0 aliphatic carbocycles. The van der Waals surface area contributed by atoms with E-state index in [2.05, 4.69) is 57.4 Å². The summed E-state index contributed by atoms with van der Waals surface area (Å²) < 4.78 is 7.17. The van der Waals surface area contributed by atoms with Crippen molar-refractivity contribution in [3.63, 3.8) is 0 Å². The number of hydrogen-bond acceptors (Lipinski definition) is 5. The molecule has 1 aliphatic heterocycles. The maximum absolute atomic E-state index is 5.19. The van der Waals surface area contributed by atoms with Crippen molar-refractivity contribution in [1.82, 2.24) is 25.0 Å². The number of anilines is 1. The van der Waals surface area contributed by atoms with Gasteiger partial charge in [-0.3, -0.25) is 0 Å². The second kappa shape index (κ2) is 11.5. The van der Waals surface area contributed by atoms with Crippen LogP contribution in [0.5, 0.6) is 0 Å². The van der Waals surface area contributed by atoms with Crippen LogP contribution in [0.15, 0.2) is 23.2 Å². The first-order valence-electron chi connectivity index (χ1n) is 10.2. The lowest BCUT2D eigenvalue weighted by Gasteiger charge is -2.38. The Balaban J connectivity index is 0.00000320. The standard InChI is InChI=1S/C21H33N7O.HI/c1-16-7-6-8-19(17(16)2)27-10-12-28(13-11-27)21(22-9-14-29-5)23-15-20-25-24-18(3)26(20)4;/h6-8H,9-15H2,1-5H3,(H,22,23);1H. The van der Waals surface area contributed by atoms with Gasteiger partial charge in [0.1, 0.15) is 12.4 Å². The van der Waals surface area contributed by atoms with Gasteiger partial charge in [0.15, 0.2) is 11.8 Å². The van der Waals surface area contributed by atoms with Crippen molar-refractivity contribution in [3.8, 4) is 0 Å². The molecule has 1 aliphatic rings. The van der Waals surface area contributed by atoms with Crippen molar-refractivity contribution < 1.29 is 4.74 Å². The maximum atomic E-state index is 5.19. The maximum Gasteiger partial charge on any atom is 0.194 e. The Kier molecular flexibility index (Phi) is 9.35. The van der Waals surface area contributed by atoms with E-state index in [0.717, 1.165) is 50.3 Å². The number of halogens is 1. The quantitative estimate of drug-likeness (QED) is 0.269. The van der Waals surface area contributed by atoms with E-state index in [9.17, 15) is 0 Å². The van der Waals surface area contributed by atoms with Crippen LogP contribution < -0.4 is 10.2 Å². The monoisotopic (exact) mass is 527 g/mol. The number of methoxy groups -OCH3 is 1. The first-order valence-corrected chi connectivity index (χ1v) is 10.2. The summed E-state index contributed by atoms with van der Waals surface area (Å²) in [4.78, 5) is 9.62. The highest BCUT2D eigenvalue weighted by Crippen LogP contribution is 2.23. The van der Waals surface area contributed by atoms with Gasteiger partial charge in [-0.25, -0.2) is 4.99 Å². The number of rotatable bonds is 6. The van der Waals surface area contributed by atoms with E-state index in [4.69, 9.17) is 9.73 Å². The lowest BCUT2D eigenvalue weighted by Crippen LogP contribution is -2.53. The molecule has 0 amide bonds. The zero-order chi connectivity index (χ0) is 20.8. The molecule has 0 spiro atoms. The molecule has 1 N–H and O–H groups in total. The number of nitrogens with zero attached hydrogens (tertiary/aromatic N) is 6. The summed E-state index contributed by atoms with van der Waals surface area (Å²) in [5, 5.41) is 11.8. The minimum atomic E-state index is 0. The predicted octanol–water partition coefficient (Wildman–Crippen LogP) is 2.27. The summed E-state index contributed by atoms with van der Waals surface area (Å²) in [6, 6.07) is 6.54. The Hall–Kier alpha value is -1.88. The van der Waals surface area contributed by atoms with E-state index in [1.165, 1.54) is 16.8 Å². The van der Waals surface area contributed by atoms with Crippen LogP contribution in [0.25, 0.3) is 0 Å². The zero-order valence-corrected chi connectivity index (χ0v) is 21.0. The van der Waals surface area contributed by atoms with Gasteiger partial charge in [-0.1, -0.05) is 12.1 Å². The van der Waals surface area contributed by atoms with Crippen LogP contribution in [0.1, 0.15) is 22.8 Å². The average Bonchev–Trinajstić information content (AvgIpc) is 3.05. The van der Waals surface area contributed by atoms with Crippen LogP contribution in [0, 0.1) is 20.8 Å². The Labute approximate surface area is 196 Å². The molecule has 166 valence electrons. The van der Waals surface area contributed by atoms with Crippen molar-refractivity contribution >= 4 is 35.6 Å². The van der Waals surface area contributed by atoms with Crippen LogP contribution >= 0.6 is 24.0 Å². The van der Waals surface area contributed by atoms with Crippen molar-refractivity contribution in [2.45, 2.75) is 27.3 Å². The molecule has 0 radical (unpaired) electrons. The SMILES string of the molecule is COCCNC(=NCc1nnc(C)n1C)N1CCN(c2cccc(C)c2C)CC1.I. The van der Waals surface area contributed by atoms with Gasteiger partial charge in [0.25, 0.3) is 0 Å². The normalized spacial score (nSPS) is 14.6. The lowest BCUT2D eigenvalue weighted by molar-refractivity contribution is 0.202. The molecule has 2 heterocycles. The molecule has 0 saturated carbocycles. The van der Waals surface area contributed by atoms with Crippen LogP contribution in [0.2, 0.25) is 0 Å². The molecule has 1 aromatic heterocycles. The largest absolute Gasteiger partial charge is 0.383 e. The fourth-order valence-electron chi connectivity index (χ4n) is 3.50. The lowest BCUT2D eigenvalue weighted by atomic mass is 10.1. The number of benzene rings is 1. The summed E-state index contributed by atoms with van der Waals surface area (Å²) in [7, 11) is 3.69. The number of guanidine groups is 1. The number of piperazine rings is 1. The van der Waals surface area contributed by atoms with E-state index >= 15 is 0 Å². The molecule has 1 fully saturated rings. The highest BCUT2D eigenvalue weighted by atomic mass is 127. The predicted molar refractivity (Wildman–Crippen MR) is 132 cm³/mol. The van der Waals surface area contributed by atoms with Crippen molar-refractivity contribution in [2.75, 3.05) is 51.3 Å². The third-order valence-electron chi connectivity index (χ3n) is 5.64. The van der Waals surface area contributed by atoms with E-state index in [1.807, 2.05) is 18.5 Å². The summed E-state index contributed by atoms with van der Waals surface area (Å²) >= 11 is 0. The van der Waals surface area contributed by atoms with Gasteiger partial charge in [0.2, 0.25) is 0 Å². The molecule has 0 bridgehead atoms. The molecular weight excluding hydrogens is 493 g/mol. The minimum absolute atomic E-state index is 0. The van der Waals surface area contributed by atoms with Crippen molar-refractivity contribution in [3.05, 3.63) is 41.0 Å². The average molecular weight is 527 g/mol. The smallest absolute Gasteiger partial charge is 0.194 e. The highest BCUT2D eigenvalue weighted by molar-refractivity contribution is 14.0. The minimum Gasteiger partial charge on any atom is -0.383 e. The van der Waals surface area contributed by atoms with Gasteiger partial charge >= 0.3 is 0 Å². The van der Waals surface area contributed by atoms with Gasteiger partial charge in [0, 0.05) is 52.6 Å². The van der Waals surface area contributed by atoms with Gasteiger partial charge in [0.05, 0.1) is 6.61 Å². The van der Waals surface area contributed by atoms with Crippen LogP contribution in [-0.4, -0.2) is 72.1 Å². The van der Waals surface area contributed by atoms with Crippen LogP contribution in [0.4, 0.5) is 5.69 Å². The summed E-state index contributed by atoms with van der Waals surface area (Å²) in [5.74, 6) is 2.66. The second-order valence-electron chi connectivity index (χ2n) is 7.48. The molecule has 0 atom stereocenters. The first kappa shape index (κ1) is 24.4. The molecule has 1 saturated heterocycles. The fourth-order valence-corrected chi connectivity index (χ4v) is 3.50. The Morgan fingerprint density at radius 3 is 2.50 bits per heavy atom. The number of aliphatic imine (C=N–C) groups is 1. The van der Waals surface area contributed by atoms with Crippen LogP contribution in [0.3, 0.4) is 0 Å². The van der Waals surface area contributed by atoms with E-state index < -0.39 is 0 Å². The van der Waals surface area contributed by atoms with Crippen molar-refractivity contribution in [2.24, 2.45) is 12.0 Å². The molecule has 1 aromatic carbocycles. The number of nitrogens with one attached hydrogen (secondary N) is 1. The summed E-state index contributed by atoms with van der Waals surface area (Å²) in [5.41, 5.74) is 4.04. The van der Waals surface area contributed by atoms with Gasteiger partial charge in [-0.05, 0) is 38.0 Å². The topological polar surface area (TPSA) is 70.8 Å². The van der Waals surface area contributed by atoms with Crippen molar-refractivity contribution in [1.29, 1.82) is 0 Å². The van der Waals surface area contributed by atoms with E-state index in [-0.39, 0.29) is 24.0 Å². The molecule has 30 heavy (non-hydrogen) atoms. The number of aryl methyl sites for hydroxylation is 2. The second-order valence-corrected chi connectivity index (χ2v) is 7.48. The zero-order valence-electron chi connectivity index (χ0n) is 18.7. The van der Waals surface area contributed by atoms with Gasteiger partial charge < -0.3 is 24.4 Å². The summed E-state index contributed by atoms with van der Waals surface area (Å²) in [6.07, 6.45) is 0.